The molecule has 1 spiro atoms. The van der Waals surface area contributed by atoms with Crippen LogP contribution in [-0.2, 0) is 38.4 Å². The summed E-state index contributed by atoms with van der Waals surface area (Å²) in [5.74, 6) is -3.92. The van der Waals surface area contributed by atoms with Crippen LogP contribution in [0.15, 0.2) is 34.7 Å². The van der Waals surface area contributed by atoms with Crippen LogP contribution in [0.1, 0.15) is 92.1 Å². The molecule has 10 heteroatoms. The molecule has 1 aromatic rings. The lowest BCUT2D eigenvalue weighted by atomic mass is 9.38. The van der Waals surface area contributed by atoms with Gasteiger partial charge in [0.25, 0.3) is 0 Å². The van der Waals surface area contributed by atoms with Crippen molar-refractivity contribution in [2.24, 2.45) is 28.1 Å². The number of aliphatic hydroxyl groups is 1. The molecule has 10 atom stereocenters. The van der Waals surface area contributed by atoms with Crippen molar-refractivity contribution in [2.45, 2.75) is 116 Å². The predicted molar refractivity (Wildman–Crippen MR) is 146 cm³/mol. The summed E-state index contributed by atoms with van der Waals surface area (Å²) in [7, 11) is 0. The van der Waals surface area contributed by atoms with E-state index >= 15 is 0 Å². The standard InChI is InChI=1S/C32H42O10/c1-17(33)38-22-13-29(6)21(20-10-11-37-15-20)8-9-23(29)30(7)25(39-18(2)34)12-24-28(4,5)41-42-31(36)14-26(40-19(3)35)32(24,16-31)27(22)30/h9-11,15,21-22,24-27,36H,8,12-14,16H2,1-7H3. The third kappa shape index (κ3) is 4.04. The molecule has 0 aromatic carbocycles. The zero-order valence-corrected chi connectivity index (χ0v) is 25.4. The maximum atomic E-state index is 12.8. The number of rotatable bonds is 4. The summed E-state index contributed by atoms with van der Waals surface area (Å²) in [6.07, 6.45) is 5.34. The molecule has 0 radical (unpaired) electrons. The molecule has 1 aromatic heterocycles. The third-order valence-electron chi connectivity index (χ3n) is 11.3. The van der Waals surface area contributed by atoms with Crippen molar-refractivity contribution < 1.29 is 47.9 Å². The van der Waals surface area contributed by atoms with Crippen LogP contribution in [0.3, 0.4) is 0 Å². The highest BCUT2D eigenvalue weighted by atomic mass is 17.2. The molecular formula is C32H42O10. The van der Waals surface area contributed by atoms with Gasteiger partial charge < -0.3 is 23.7 Å². The molecule has 230 valence electrons. The topological polar surface area (TPSA) is 131 Å². The van der Waals surface area contributed by atoms with E-state index in [9.17, 15) is 19.5 Å². The minimum absolute atomic E-state index is 0.00469. The number of hydrogen-bond donors (Lipinski definition) is 1. The Morgan fingerprint density at radius 3 is 2.21 bits per heavy atom. The average Bonchev–Trinajstić information content (AvgIpc) is 3.55. The average molecular weight is 587 g/mol. The Bertz CT molecular complexity index is 1320. The second kappa shape index (κ2) is 9.40. The van der Waals surface area contributed by atoms with Crippen LogP contribution < -0.4 is 0 Å². The second-order valence-corrected chi connectivity index (χ2v) is 14.2. The van der Waals surface area contributed by atoms with Crippen molar-refractivity contribution in [3.8, 4) is 0 Å². The highest BCUT2D eigenvalue weighted by Gasteiger charge is 2.79. The SMILES string of the molecule is CC(=O)OC1CC2(C)C(=CCC2c2ccoc2)C2(C)C(OC(C)=O)CC3C(C)(C)OOC4(O)CC(OC(C)=O)C3(C4)C12. The smallest absolute Gasteiger partial charge is 0.302 e. The summed E-state index contributed by atoms with van der Waals surface area (Å²) >= 11 is 0. The van der Waals surface area contributed by atoms with Crippen molar-refractivity contribution in [2.75, 3.05) is 0 Å². The van der Waals surface area contributed by atoms with Gasteiger partial charge in [-0.1, -0.05) is 25.5 Å². The Morgan fingerprint density at radius 2 is 1.60 bits per heavy atom. The van der Waals surface area contributed by atoms with Crippen LogP contribution in [0, 0.1) is 28.1 Å². The number of esters is 3. The second-order valence-electron chi connectivity index (χ2n) is 14.2. The molecule has 2 bridgehead atoms. The van der Waals surface area contributed by atoms with Gasteiger partial charge in [-0.05, 0) is 56.1 Å². The Morgan fingerprint density at radius 1 is 0.929 bits per heavy atom. The van der Waals surface area contributed by atoms with Crippen molar-refractivity contribution in [1.82, 2.24) is 0 Å². The number of carbonyl (C=O) groups excluding carboxylic acids is 3. The first kappa shape index (κ1) is 29.4. The summed E-state index contributed by atoms with van der Waals surface area (Å²) in [5.41, 5.74) is -1.06. The van der Waals surface area contributed by atoms with E-state index in [0.29, 0.717) is 12.8 Å². The van der Waals surface area contributed by atoms with Gasteiger partial charge in [0.05, 0.1) is 12.5 Å². The summed E-state index contributed by atoms with van der Waals surface area (Å²) in [6, 6.07) is 1.97. The van der Waals surface area contributed by atoms with Gasteiger partial charge in [0.1, 0.15) is 23.9 Å². The summed E-state index contributed by atoms with van der Waals surface area (Å²) in [5, 5.41) is 11.8. The van der Waals surface area contributed by atoms with E-state index in [4.69, 9.17) is 28.4 Å². The summed E-state index contributed by atoms with van der Waals surface area (Å²) in [4.78, 5) is 49.8. The van der Waals surface area contributed by atoms with Gasteiger partial charge in [0.15, 0.2) is 0 Å². The number of furan rings is 1. The molecule has 4 fully saturated rings. The molecule has 1 N–H and O–H groups in total. The van der Waals surface area contributed by atoms with Gasteiger partial charge in [-0.25, -0.2) is 9.78 Å². The normalized spacial score (nSPS) is 45.0. The van der Waals surface area contributed by atoms with Crippen LogP contribution in [0.2, 0.25) is 0 Å². The Hall–Kier alpha value is -2.69. The predicted octanol–water partition coefficient (Wildman–Crippen LogP) is 4.75. The fourth-order valence-electron chi connectivity index (χ4n) is 10.3. The van der Waals surface area contributed by atoms with E-state index < -0.39 is 75.7 Å². The lowest BCUT2D eigenvalue weighted by molar-refractivity contribution is -0.456. The van der Waals surface area contributed by atoms with Gasteiger partial charge in [-0.3, -0.25) is 14.4 Å². The molecule has 42 heavy (non-hydrogen) atoms. The van der Waals surface area contributed by atoms with Gasteiger partial charge in [0, 0.05) is 56.3 Å². The highest BCUT2D eigenvalue weighted by molar-refractivity contribution is 5.68. The van der Waals surface area contributed by atoms with Crippen LogP contribution in [0.5, 0.6) is 0 Å². The van der Waals surface area contributed by atoms with Crippen LogP contribution in [-0.4, -0.2) is 52.7 Å². The van der Waals surface area contributed by atoms with Crippen LogP contribution >= 0.6 is 0 Å². The van der Waals surface area contributed by atoms with Gasteiger partial charge in [0.2, 0.25) is 5.79 Å². The Balaban J connectivity index is 1.62. The molecule has 10 unspecified atom stereocenters. The van der Waals surface area contributed by atoms with E-state index in [1.165, 1.54) is 20.8 Å². The van der Waals surface area contributed by atoms with Gasteiger partial charge in [-0.2, -0.15) is 0 Å². The molecule has 10 nitrogen and oxygen atoms in total. The van der Waals surface area contributed by atoms with Gasteiger partial charge >= 0.3 is 17.9 Å². The van der Waals surface area contributed by atoms with E-state index in [1.807, 2.05) is 19.9 Å². The van der Waals surface area contributed by atoms with E-state index in [-0.39, 0.29) is 18.8 Å². The molecule has 4 aliphatic carbocycles. The minimum Gasteiger partial charge on any atom is -0.472 e. The maximum Gasteiger partial charge on any atom is 0.302 e. The lowest BCUT2D eigenvalue weighted by Crippen LogP contribution is -2.70. The zero-order chi connectivity index (χ0) is 30.5. The molecule has 2 heterocycles. The van der Waals surface area contributed by atoms with Crippen molar-refractivity contribution >= 4 is 17.9 Å². The largest absolute Gasteiger partial charge is 0.472 e. The number of carbonyl (C=O) groups is 3. The first-order chi connectivity index (χ1) is 19.6. The fourth-order valence-corrected chi connectivity index (χ4v) is 10.3. The first-order valence-electron chi connectivity index (χ1n) is 14.9. The highest BCUT2D eigenvalue weighted by Crippen LogP contribution is 2.76. The lowest BCUT2D eigenvalue weighted by Gasteiger charge is -2.67. The summed E-state index contributed by atoms with van der Waals surface area (Å²) in [6.45, 7) is 12.2. The van der Waals surface area contributed by atoms with Gasteiger partial charge in [-0.15, -0.1) is 0 Å². The fraction of sp³-hybridized carbons (Fsp3) is 0.719. The maximum absolute atomic E-state index is 12.8. The monoisotopic (exact) mass is 586 g/mol. The summed E-state index contributed by atoms with van der Waals surface area (Å²) < 4.78 is 24.0. The van der Waals surface area contributed by atoms with E-state index in [1.54, 1.807) is 12.5 Å². The van der Waals surface area contributed by atoms with E-state index in [2.05, 4.69) is 19.9 Å². The van der Waals surface area contributed by atoms with Crippen LogP contribution in [0.25, 0.3) is 0 Å². The molecule has 0 amide bonds. The molecule has 1 aliphatic heterocycles. The Labute approximate surface area is 246 Å². The van der Waals surface area contributed by atoms with E-state index in [0.717, 1.165) is 17.6 Å². The van der Waals surface area contributed by atoms with Crippen molar-refractivity contribution in [1.29, 1.82) is 0 Å². The third-order valence-corrected chi connectivity index (χ3v) is 11.3. The number of hydrogen-bond acceptors (Lipinski definition) is 10. The molecule has 5 aliphatic rings. The number of allylic oxidation sites excluding steroid dienone is 1. The molecule has 3 saturated carbocycles. The quantitative estimate of drug-likeness (QED) is 0.228. The number of ether oxygens (including phenoxy) is 3. The Kier molecular flexibility index (Phi) is 6.58. The van der Waals surface area contributed by atoms with Crippen molar-refractivity contribution in [3.05, 3.63) is 35.8 Å². The zero-order valence-electron chi connectivity index (χ0n) is 25.4. The minimum atomic E-state index is -1.73. The molecular weight excluding hydrogens is 544 g/mol. The molecule has 1 saturated heterocycles. The van der Waals surface area contributed by atoms with Crippen LogP contribution in [0.4, 0.5) is 0 Å². The first-order valence-corrected chi connectivity index (χ1v) is 14.9. The number of fused-ring (bicyclic) bond motifs is 4. The molecule has 6 rings (SSSR count). The van der Waals surface area contributed by atoms with Crippen molar-refractivity contribution in [3.63, 3.8) is 0 Å².